The topological polar surface area (TPSA) is 64.9 Å². The maximum atomic E-state index is 11.4. The summed E-state index contributed by atoms with van der Waals surface area (Å²) in [6.45, 7) is 0. The fraction of sp³-hybridized carbons (Fsp3) is 0.0714. The molecule has 0 unspecified atom stereocenters. The minimum absolute atomic E-state index is 0.0684. The van der Waals surface area contributed by atoms with Crippen molar-refractivity contribution in [2.75, 3.05) is 7.11 Å². The van der Waals surface area contributed by atoms with Crippen LogP contribution in [0.2, 0.25) is 0 Å². The van der Waals surface area contributed by atoms with Gasteiger partial charge < -0.3 is 14.9 Å². The van der Waals surface area contributed by atoms with Gasteiger partial charge in [0.25, 0.3) is 0 Å². The summed E-state index contributed by atoms with van der Waals surface area (Å²) in [5.74, 6) is 0.313. The molecule has 18 heavy (non-hydrogen) atoms. The van der Waals surface area contributed by atoms with Crippen LogP contribution in [-0.2, 0) is 0 Å². The number of rotatable bonds is 3. The number of aromatic hydroxyl groups is 1. The number of ether oxygens (including phenoxy) is 1. The van der Waals surface area contributed by atoms with Crippen LogP contribution in [0.5, 0.6) is 17.2 Å². The number of hydrogen-bond acceptors (Lipinski definition) is 4. The number of phenols is 1. The molecule has 1 N–H and O–H groups in total. The molecule has 0 aliphatic rings. The number of nitrogens with zero attached hydrogens (tertiary/aromatic N) is 1. The fourth-order valence-electron chi connectivity index (χ4n) is 1.48. The zero-order valence-corrected chi connectivity index (χ0v) is 9.83. The first-order chi connectivity index (χ1) is 8.70. The standard InChI is InChI=1S/C14H13NO3/c1-18-14-8-10(6-7-13(14)17)9-15-11-4-2-3-5-12(11)16/h2-9,16-17H,1H3/p-1. The van der Waals surface area contributed by atoms with Crippen LogP contribution in [0.25, 0.3) is 0 Å². The van der Waals surface area contributed by atoms with Crippen LogP contribution in [0, 0.1) is 0 Å². The molecule has 0 aromatic heterocycles. The van der Waals surface area contributed by atoms with E-state index in [1.807, 2.05) is 0 Å². The predicted octanol–water partition coefficient (Wildman–Crippen LogP) is 2.23. The minimum Gasteiger partial charge on any atom is -0.871 e. The maximum Gasteiger partial charge on any atom is 0.161 e. The van der Waals surface area contributed by atoms with E-state index in [2.05, 4.69) is 4.99 Å². The van der Waals surface area contributed by atoms with Gasteiger partial charge in [-0.2, -0.15) is 0 Å². The van der Waals surface area contributed by atoms with E-state index in [4.69, 9.17) is 4.74 Å². The summed E-state index contributed by atoms with van der Waals surface area (Å²) < 4.78 is 4.99. The molecule has 0 saturated carbocycles. The summed E-state index contributed by atoms with van der Waals surface area (Å²) >= 11 is 0. The summed E-state index contributed by atoms with van der Waals surface area (Å²) in [6.07, 6.45) is 1.55. The second-order valence-electron chi connectivity index (χ2n) is 3.66. The average molecular weight is 242 g/mol. The second kappa shape index (κ2) is 5.23. The lowest BCUT2D eigenvalue weighted by molar-refractivity contribution is -0.267. The Morgan fingerprint density at radius 1 is 1.22 bits per heavy atom. The third-order valence-corrected chi connectivity index (χ3v) is 2.42. The van der Waals surface area contributed by atoms with Crippen molar-refractivity contribution in [3.05, 3.63) is 48.0 Å². The Balaban J connectivity index is 2.27. The summed E-state index contributed by atoms with van der Waals surface area (Å²) in [5, 5.41) is 20.9. The first-order valence-electron chi connectivity index (χ1n) is 5.38. The van der Waals surface area contributed by atoms with Crippen LogP contribution >= 0.6 is 0 Å². The lowest BCUT2D eigenvalue weighted by Gasteiger charge is -2.08. The fourth-order valence-corrected chi connectivity index (χ4v) is 1.48. The van der Waals surface area contributed by atoms with Crippen LogP contribution in [0.15, 0.2) is 47.5 Å². The van der Waals surface area contributed by atoms with E-state index >= 15 is 0 Å². The van der Waals surface area contributed by atoms with Crippen LogP contribution in [0.3, 0.4) is 0 Å². The highest BCUT2D eigenvalue weighted by Crippen LogP contribution is 2.26. The van der Waals surface area contributed by atoms with Crippen molar-refractivity contribution in [1.82, 2.24) is 0 Å². The molecule has 0 heterocycles. The molecule has 0 radical (unpaired) electrons. The molecule has 4 nitrogen and oxygen atoms in total. The van der Waals surface area contributed by atoms with Gasteiger partial charge in [0.1, 0.15) is 0 Å². The van der Waals surface area contributed by atoms with E-state index < -0.39 is 0 Å². The van der Waals surface area contributed by atoms with Crippen LogP contribution in [-0.4, -0.2) is 18.4 Å². The van der Waals surface area contributed by atoms with Crippen LogP contribution in [0.1, 0.15) is 5.56 Å². The Bertz CT molecular complexity index is 579. The highest BCUT2D eigenvalue weighted by Gasteiger charge is 2.00. The molecule has 0 bridgehead atoms. The van der Waals surface area contributed by atoms with Gasteiger partial charge in [0, 0.05) is 6.21 Å². The van der Waals surface area contributed by atoms with Crippen molar-refractivity contribution in [3.63, 3.8) is 0 Å². The van der Waals surface area contributed by atoms with Crippen molar-refractivity contribution in [1.29, 1.82) is 0 Å². The van der Waals surface area contributed by atoms with E-state index in [1.54, 1.807) is 36.5 Å². The van der Waals surface area contributed by atoms with E-state index in [-0.39, 0.29) is 11.5 Å². The van der Waals surface area contributed by atoms with Crippen molar-refractivity contribution >= 4 is 11.9 Å². The molecule has 2 rings (SSSR count). The Morgan fingerprint density at radius 3 is 2.72 bits per heavy atom. The average Bonchev–Trinajstić information content (AvgIpc) is 2.39. The molecular weight excluding hydrogens is 230 g/mol. The molecule has 0 amide bonds. The normalized spacial score (nSPS) is 10.7. The summed E-state index contributed by atoms with van der Waals surface area (Å²) in [7, 11) is 1.48. The Hall–Kier alpha value is -2.49. The first kappa shape index (κ1) is 12.0. The molecule has 0 aliphatic carbocycles. The number of para-hydroxylation sites is 2. The molecular formula is C14H12NO3-. The van der Waals surface area contributed by atoms with Crippen molar-refractivity contribution in [2.24, 2.45) is 4.99 Å². The molecule has 92 valence electrons. The maximum absolute atomic E-state index is 11.4. The molecule has 0 aliphatic heterocycles. The first-order valence-corrected chi connectivity index (χ1v) is 5.38. The van der Waals surface area contributed by atoms with Gasteiger partial charge in [-0.15, -0.1) is 0 Å². The zero-order chi connectivity index (χ0) is 13.0. The number of phenolic OH excluding ortho intramolecular Hbond substituents is 1. The van der Waals surface area contributed by atoms with Gasteiger partial charge in [-0.25, -0.2) is 0 Å². The Kier molecular flexibility index (Phi) is 3.48. The highest BCUT2D eigenvalue weighted by molar-refractivity contribution is 5.83. The molecule has 2 aromatic carbocycles. The van der Waals surface area contributed by atoms with Gasteiger partial charge in [-0.05, 0) is 29.8 Å². The predicted molar refractivity (Wildman–Crippen MR) is 67.8 cm³/mol. The number of methoxy groups -OCH3 is 1. The van der Waals surface area contributed by atoms with Crippen molar-refractivity contribution in [3.8, 4) is 17.2 Å². The van der Waals surface area contributed by atoms with E-state index in [1.165, 1.54) is 19.2 Å². The third-order valence-electron chi connectivity index (χ3n) is 2.42. The summed E-state index contributed by atoms with van der Waals surface area (Å²) in [5.41, 5.74) is 1.12. The Morgan fingerprint density at radius 2 is 2.00 bits per heavy atom. The zero-order valence-electron chi connectivity index (χ0n) is 9.83. The van der Waals surface area contributed by atoms with E-state index in [9.17, 15) is 10.2 Å². The lowest BCUT2D eigenvalue weighted by Crippen LogP contribution is -1.90. The van der Waals surface area contributed by atoms with Crippen molar-refractivity contribution < 1.29 is 14.9 Å². The summed E-state index contributed by atoms with van der Waals surface area (Å²) in [6, 6.07) is 11.4. The smallest absolute Gasteiger partial charge is 0.161 e. The lowest BCUT2D eigenvalue weighted by atomic mass is 10.2. The molecule has 0 fully saturated rings. The number of hydrogen-bond donors (Lipinski definition) is 1. The van der Waals surface area contributed by atoms with E-state index in [0.29, 0.717) is 11.4 Å². The SMILES string of the molecule is COc1cc(C=Nc2ccccc2[O-])ccc1O. The van der Waals surface area contributed by atoms with Crippen LogP contribution < -0.4 is 9.84 Å². The number of aliphatic imine (C=N–C) groups is 1. The number of benzene rings is 2. The third kappa shape index (κ3) is 2.60. The van der Waals surface area contributed by atoms with Gasteiger partial charge in [0.2, 0.25) is 0 Å². The minimum atomic E-state index is -0.125. The van der Waals surface area contributed by atoms with Gasteiger partial charge in [0.05, 0.1) is 12.8 Å². The van der Waals surface area contributed by atoms with Gasteiger partial charge in [-0.1, -0.05) is 23.9 Å². The Labute approximate surface area is 105 Å². The molecule has 0 atom stereocenters. The largest absolute Gasteiger partial charge is 0.871 e. The monoisotopic (exact) mass is 242 g/mol. The van der Waals surface area contributed by atoms with Gasteiger partial charge in [0.15, 0.2) is 11.5 Å². The van der Waals surface area contributed by atoms with E-state index in [0.717, 1.165) is 5.56 Å². The van der Waals surface area contributed by atoms with Gasteiger partial charge in [-0.3, -0.25) is 4.99 Å². The second-order valence-corrected chi connectivity index (χ2v) is 3.66. The molecule has 4 heteroatoms. The van der Waals surface area contributed by atoms with Crippen molar-refractivity contribution in [2.45, 2.75) is 0 Å². The molecule has 0 saturated heterocycles. The molecule has 0 spiro atoms. The molecule has 2 aromatic rings. The highest BCUT2D eigenvalue weighted by atomic mass is 16.5. The van der Waals surface area contributed by atoms with Crippen LogP contribution in [0.4, 0.5) is 5.69 Å². The quantitative estimate of drug-likeness (QED) is 0.839. The summed E-state index contributed by atoms with van der Waals surface area (Å²) in [4.78, 5) is 4.11. The van der Waals surface area contributed by atoms with Gasteiger partial charge >= 0.3 is 0 Å².